The maximum atomic E-state index is 6.58. The van der Waals surface area contributed by atoms with Crippen molar-refractivity contribution < 1.29 is 4.42 Å². The minimum Gasteiger partial charge on any atom is -0.456 e. The first kappa shape index (κ1) is 31.9. The zero-order chi connectivity index (χ0) is 37.5. The Bertz CT molecular complexity index is 3090. The minimum absolute atomic E-state index is 0.454. The fraction of sp³-hybridized carbons (Fsp3) is 0.0182. The number of fused-ring (bicyclic) bond motifs is 13. The lowest BCUT2D eigenvalue weighted by Gasteiger charge is -2.32. The van der Waals surface area contributed by atoms with Gasteiger partial charge in [-0.1, -0.05) is 164 Å². The average molecular weight is 726 g/mol. The Morgan fingerprint density at radius 2 is 0.860 bits per heavy atom. The third kappa shape index (κ3) is 4.59. The Labute approximate surface area is 331 Å². The molecule has 0 N–H and O–H groups in total. The molecule has 0 saturated carbocycles. The highest BCUT2D eigenvalue weighted by Crippen LogP contribution is 2.64. The van der Waals surface area contributed by atoms with Gasteiger partial charge in [-0.15, -0.1) is 0 Å². The fourth-order valence-electron chi connectivity index (χ4n) is 9.93. The molecule has 0 aliphatic heterocycles. The second-order valence-corrected chi connectivity index (χ2v) is 15.2. The van der Waals surface area contributed by atoms with Crippen LogP contribution >= 0.6 is 0 Å². The van der Waals surface area contributed by atoms with Gasteiger partial charge in [0, 0.05) is 33.8 Å². The van der Waals surface area contributed by atoms with E-state index in [4.69, 9.17) is 4.42 Å². The summed E-state index contributed by atoms with van der Waals surface area (Å²) in [4.78, 5) is 2.47. The van der Waals surface area contributed by atoms with Gasteiger partial charge in [-0.25, -0.2) is 0 Å². The van der Waals surface area contributed by atoms with E-state index in [0.29, 0.717) is 0 Å². The zero-order valence-electron chi connectivity index (χ0n) is 31.1. The maximum Gasteiger partial charge on any atom is 0.137 e. The smallest absolute Gasteiger partial charge is 0.137 e. The lowest BCUT2D eigenvalue weighted by atomic mass is 9.70. The van der Waals surface area contributed by atoms with Gasteiger partial charge in [0.2, 0.25) is 0 Å². The molecule has 57 heavy (non-hydrogen) atoms. The Hall–Kier alpha value is -7.42. The van der Waals surface area contributed by atoms with Crippen LogP contribution in [0.2, 0.25) is 0 Å². The number of nitrogens with zero attached hydrogens (tertiary/aromatic N) is 1. The summed E-state index contributed by atoms with van der Waals surface area (Å²) in [7, 11) is 0. The van der Waals surface area contributed by atoms with Crippen molar-refractivity contribution in [2.45, 2.75) is 5.41 Å². The van der Waals surface area contributed by atoms with E-state index in [9.17, 15) is 0 Å². The highest BCUT2D eigenvalue weighted by Gasteiger charge is 2.52. The van der Waals surface area contributed by atoms with Crippen LogP contribution < -0.4 is 4.90 Å². The molecule has 1 aromatic heterocycles. The standard InChI is InChI=1S/C55H35NO/c1-3-16-36(17-4-1)38-32-39(37-18-5-2-6-19-37)34-41(33-38)56(40-30-31-45-44-22-10-14-29-52(44)57-53(45)35-40)51-28-15-27-50-54(51)46-23-9-13-26-49(46)55(50)47-24-11-7-20-42(47)43-21-8-12-25-48(43)55/h1-35H. The largest absolute Gasteiger partial charge is 0.456 e. The van der Waals surface area contributed by atoms with Crippen LogP contribution in [-0.2, 0) is 5.41 Å². The van der Waals surface area contributed by atoms with Crippen molar-refractivity contribution in [2.24, 2.45) is 0 Å². The first-order valence-electron chi connectivity index (χ1n) is 19.7. The predicted octanol–water partition coefficient (Wildman–Crippen LogP) is 14.7. The average Bonchev–Trinajstić information content (AvgIpc) is 3.91. The second-order valence-electron chi connectivity index (χ2n) is 15.2. The van der Waals surface area contributed by atoms with Crippen LogP contribution in [0.3, 0.4) is 0 Å². The van der Waals surface area contributed by atoms with Crippen molar-refractivity contribution in [1.82, 2.24) is 0 Å². The number of furan rings is 1. The molecular weight excluding hydrogens is 691 g/mol. The van der Waals surface area contributed by atoms with Gasteiger partial charge in [-0.3, -0.25) is 0 Å². The van der Waals surface area contributed by atoms with Crippen LogP contribution in [0.15, 0.2) is 217 Å². The molecule has 266 valence electrons. The molecule has 12 rings (SSSR count). The predicted molar refractivity (Wildman–Crippen MR) is 236 cm³/mol. The zero-order valence-corrected chi connectivity index (χ0v) is 31.1. The quantitative estimate of drug-likeness (QED) is 0.176. The van der Waals surface area contributed by atoms with Gasteiger partial charge in [0.05, 0.1) is 11.1 Å². The SMILES string of the molecule is c1ccc(-c2cc(-c3ccccc3)cc(N(c3ccc4c(c3)oc3ccccc34)c3cccc4c3-c3ccccc3C43c4ccccc4-c4ccccc43)c2)cc1. The third-order valence-electron chi connectivity index (χ3n) is 12.3. The van der Waals surface area contributed by atoms with E-state index in [0.717, 1.165) is 50.1 Å². The summed E-state index contributed by atoms with van der Waals surface area (Å²) in [5.74, 6) is 0. The van der Waals surface area contributed by atoms with Crippen molar-refractivity contribution in [1.29, 1.82) is 0 Å². The van der Waals surface area contributed by atoms with Crippen molar-refractivity contribution in [2.75, 3.05) is 4.90 Å². The Morgan fingerprint density at radius 1 is 0.333 bits per heavy atom. The molecule has 0 bridgehead atoms. The summed E-state index contributed by atoms with van der Waals surface area (Å²) in [6.45, 7) is 0. The van der Waals surface area contributed by atoms with E-state index < -0.39 is 5.41 Å². The molecule has 2 aliphatic rings. The third-order valence-corrected chi connectivity index (χ3v) is 12.3. The topological polar surface area (TPSA) is 16.4 Å². The van der Waals surface area contributed by atoms with E-state index in [2.05, 4.69) is 211 Å². The Balaban J connectivity index is 1.18. The number of rotatable bonds is 5. The first-order valence-corrected chi connectivity index (χ1v) is 19.7. The molecule has 0 unspecified atom stereocenters. The van der Waals surface area contributed by atoms with Crippen LogP contribution in [0.25, 0.3) is 66.4 Å². The van der Waals surface area contributed by atoms with Crippen LogP contribution in [0.1, 0.15) is 22.3 Å². The van der Waals surface area contributed by atoms with E-state index in [1.807, 2.05) is 6.07 Å². The molecule has 0 saturated heterocycles. The molecule has 2 aliphatic carbocycles. The van der Waals surface area contributed by atoms with Crippen LogP contribution in [0.5, 0.6) is 0 Å². The normalized spacial score (nSPS) is 13.1. The summed E-state index contributed by atoms with van der Waals surface area (Å²) >= 11 is 0. The summed E-state index contributed by atoms with van der Waals surface area (Å²) in [5.41, 5.74) is 19.6. The molecule has 0 fully saturated rings. The van der Waals surface area contributed by atoms with Crippen molar-refractivity contribution in [3.8, 4) is 44.5 Å². The second kappa shape index (κ2) is 12.3. The van der Waals surface area contributed by atoms with Crippen LogP contribution in [0, 0.1) is 0 Å². The molecule has 0 amide bonds. The number of anilines is 3. The molecule has 0 atom stereocenters. The summed E-state index contributed by atoms with van der Waals surface area (Å²) in [6.07, 6.45) is 0. The van der Waals surface area contributed by atoms with Gasteiger partial charge in [0.25, 0.3) is 0 Å². The van der Waals surface area contributed by atoms with Crippen LogP contribution in [-0.4, -0.2) is 0 Å². The molecule has 2 heteroatoms. The molecule has 1 heterocycles. The lowest BCUT2D eigenvalue weighted by molar-refractivity contribution is 0.669. The lowest BCUT2D eigenvalue weighted by Crippen LogP contribution is -2.26. The maximum absolute atomic E-state index is 6.58. The highest BCUT2D eigenvalue weighted by atomic mass is 16.3. The van der Waals surface area contributed by atoms with Crippen molar-refractivity contribution in [3.63, 3.8) is 0 Å². The number of hydrogen-bond donors (Lipinski definition) is 0. The van der Waals surface area contributed by atoms with Crippen molar-refractivity contribution in [3.05, 3.63) is 235 Å². The summed E-state index contributed by atoms with van der Waals surface area (Å²) in [6, 6.07) is 77.5. The van der Waals surface area contributed by atoms with Gasteiger partial charge < -0.3 is 9.32 Å². The molecule has 10 aromatic rings. The number of benzene rings is 9. The monoisotopic (exact) mass is 725 g/mol. The molecule has 1 spiro atoms. The van der Waals surface area contributed by atoms with Gasteiger partial charge >= 0.3 is 0 Å². The van der Waals surface area contributed by atoms with E-state index in [1.165, 1.54) is 55.6 Å². The molecular formula is C55H35NO. The fourth-order valence-corrected chi connectivity index (χ4v) is 9.93. The Morgan fingerprint density at radius 3 is 1.53 bits per heavy atom. The molecule has 0 radical (unpaired) electrons. The summed E-state index contributed by atoms with van der Waals surface area (Å²) in [5, 5.41) is 2.23. The van der Waals surface area contributed by atoms with Gasteiger partial charge in [-0.2, -0.15) is 0 Å². The minimum atomic E-state index is -0.454. The molecule has 9 aromatic carbocycles. The number of hydrogen-bond acceptors (Lipinski definition) is 2. The first-order chi connectivity index (χ1) is 28.3. The van der Waals surface area contributed by atoms with Gasteiger partial charge in [0.15, 0.2) is 0 Å². The summed E-state index contributed by atoms with van der Waals surface area (Å²) < 4.78 is 6.58. The van der Waals surface area contributed by atoms with E-state index in [1.54, 1.807) is 0 Å². The Kier molecular flexibility index (Phi) is 6.88. The molecule has 2 nitrogen and oxygen atoms in total. The van der Waals surface area contributed by atoms with E-state index in [-0.39, 0.29) is 0 Å². The van der Waals surface area contributed by atoms with Crippen LogP contribution in [0.4, 0.5) is 17.1 Å². The van der Waals surface area contributed by atoms with Gasteiger partial charge in [0.1, 0.15) is 11.2 Å². The van der Waals surface area contributed by atoms with Crippen molar-refractivity contribution >= 4 is 39.0 Å². The van der Waals surface area contributed by atoms with E-state index >= 15 is 0 Å². The highest BCUT2D eigenvalue weighted by molar-refractivity contribution is 6.07. The van der Waals surface area contributed by atoms with Gasteiger partial charge in [-0.05, 0) is 104 Å². The number of para-hydroxylation sites is 1.